The topological polar surface area (TPSA) is 64.3 Å². The largest absolute Gasteiger partial charge is 0.367 e. The van der Waals surface area contributed by atoms with E-state index in [2.05, 4.69) is 5.32 Å². The van der Waals surface area contributed by atoms with Crippen LogP contribution in [0.2, 0.25) is 0 Å². The SMILES string of the molecule is CCC(N)(CC)CNC(=O)C(OC)c1ccccc1.Cl. The second-order valence-corrected chi connectivity index (χ2v) is 4.81. The van der Waals surface area contributed by atoms with E-state index in [9.17, 15) is 4.79 Å². The molecule has 0 bridgehead atoms. The number of amides is 1. The van der Waals surface area contributed by atoms with E-state index in [1.807, 2.05) is 44.2 Å². The van der Waals surface area contributed by atoms with Gasteiger partial charge in [0.2, 0.25) is 0 Å². The van der Waals surface area contributed by atoms with Crippen molar-refractivity contribution < 1.29 is 9.53 Å². The minimum atomic E-state index is -0.584. The molecular weight excluding hydrogens is 276 g/mol. The molecule has 0 aliphatic heterocycles. The average Bonchev–Trinajstić information content (AvgIpc) is 2.46. The monoisotopic (exact) mass is 300 g/mol. The van der Waals surface area contributed by atoms with Gasteiger partial charge in [0.05, 0.1) is 0 Å². The first kappa shape index (κ1) is 18.9. The molecule has 0 aliphatic carbocycles. The fraction of sp³-hybridized carbons (Fsp3) is 0.533. The van der Waals surface area contributed by atoms with Gasteiger partial charge in [0, 0.05) is 19.2 Å². The number of carbonyl (C=O) groups is 1. The molecule has 0 spiro atoms. The summed E-state index contributed by atoms with van der Waals surface area (Å²) in [6, 6.07) is 9.44. The number of ether oxygens (including phenoxy) is 1. The summed E-state index contributed by atoms with van der Waals surface area (Å²) < 4.78 is 5.28. The number of halogens is 1. The molecule has 0 heterocycles. The molecule has 0 radical (unpaired) electrons. The first-order valence-corrected chi connectivity index (χ1v) is 6.70. The van der Waals surface area contributed by atoms with E-state index in [1.54, 1.807) is 0 Å². The number of nitrogens with one attached hydrogen (secondary N) is 1. The summed E-state index contributed by atoms with van der Waals surface area (Å²) in [6.45, 7) is 4.52. The van der Waals surface area contributed by atoms with Crippen molar-refractivity contribution >= 4 is 18.3 Å². The summed E-state index contributed by atoms with van der Waals surface area (Å²) in [6.07, 6.45) is 1.07. The molecule has 1 aromatic rings. The van der Waals surface area contributed by atoms with Crippen molar-refractivity contribution in [2.45, 2.75) is 38.3 Å². The summed E-state index contributed by atoms with van der Waals surface area (Å²) in [7, 11) is 1.53. The molecule has 1 unspecified atom stereocenters. The van der Waals surface area contributed by atoms with E-state index in [1.165, 1.54) is 7.11 Å². The summed E-state index contributed by atoms with van der Waals surface area (Å²) in [5.74, 6) is -0.148. The molecule has 0 fully saturated rings. The van der Waals surface area contributed by atoms with Gasteiger partial charge in [0.1, 0.15) is 0 Å². The predicted molar refractivity (Wildman–Crippen MR) is 84.0 cm³/mol. The van der Waals surface area contributed by atoms with Crippen molar-refractivity contribution in [1.82, 2.24) is 5.32 Å². The highest BCUT2D eigenvalue weighted by atomic mass is 35.5. The van der Waals surface area contributed by atoms with Gasteiger partial charge in [-0.05, 0) is 18.4 Å². The van der Waals surface area contributed by atoms with Crippen LogP contribution in [0.25, 0.3) is 0 Å². The summed E-state index contributed by atoms with van der Waals surface area (Å²) in [5.41, 5.74) is 6.67. The summed E-state index contributed by atoms with van der Waals surface area (Å²) in [4.78, 5) is 12.2. The van der Waals surface area contributed by atoms with E-state index in [0.29, 0.717) is 6.54 Å². The third-order valence-corrected chi connectivity index (χ3v) is 3.60. The molecular formula is C15H25ClN2O2. The van der Waals surface area contributed by atoms with Crippen molar-refractivity contribution in [3.8, 4) is 0 Å². The fourth-order valence-electron chi connectivity index (χ4n) is 1.88. The summed E-state index contributed by atoms with van der Waals surface area (Å²) in [5, 5.41) is 2.89. The van der Waals surface area contributed by atoms with Gasteiger partial charge >= 0.3 is 0 Å². The van der Waals surface area contributed by atoms with Crippen LogP contribution in [0.3, 0.4) is 0 Å². The maximum absolute atomic E-state index is 12.2. The van der Waals surface area contributed by atoms with Crippen molar-refractivity contribution in [1.29, 1.82) is 0 Å². The molecule has 114 valence electrons. The lowest BCUT2D eigenvalue weighted by atomic mass is 9.94. The van der Waals surface area contributed by atoms with Crippen LogP contribution in [0, 0.1) is 0 Å². The second-order valence-electron chi connectivity index (χ2n) is 4.81. The van der Waals surface area contributed by atoms with Crippen molar-refractivity contribution in [3.05, 3.63) is 35.9 Å². The molecule has 1 aromatic carbocycles. The Bertz CT molecular complexity index is 394. The Labute approximate surface area is 127 Å². The van der Waals surface area contributed by atoms with Crippen LogP contribution in [0.15, 0.2) is 30.3 Å². The number of methoxy groups -OCH3 is 1. The van der Waals surface area contributed by atoms with Crippen LogP contribution in [0.5, 0.6) is 0 Å². The smallest absolute Gasteiger partial charge is 0.253 e. The zero-order chi connectivity index (χ0) is 14.3. The number of hydrogen-bond donors (Lipinski definition) is 2. The van der Waals surface area contributed by atoms with Gasteiger partial charge in [0.15, 0.2) is 6.10 Å². The van der Waals surface area contributed by atoms with Crippen LogP contribution in [0.1, 0.15) is 38.4 Å². The maximum atomic E-state index is 12.2. The quantitative estimate of drug-likeness (QED) is 0.813. The molecule has 1 amide bonds. The first-order valence-electron chi connectivity index (χ1n) is 6.70. The average molecular weight is 301 g/mol. The third-order valence-electron chi connectivity index (χ3n) is 3.60. The Morgan fingerprint density at radius 1 is 1.30 bits per heavy atom. The Hall–Kier alpha value is -1.10. The minimum absolute atomic E-state index is 0. The van der Waals surface area contributed by atoms with Crippen molar-refractivity contribution in [2.24, 2.45) is 5.73 Å². The molecule has 4 nitrogen and oxygen atoms in total. The Kier molecular flexibility index (Phi) is 8.46. The number of carbonyl (C=O) groups excluding carboxylic acids is 1. The lowest BCUT2D eigenvalue weighted by molar-refractivity contribution is -0.131. The number of rotatable bonds is 7. The van der Waals surface area contributed by atoms with Gasteiger partial charge in [-0.2, -0.15) is 0 Å². The summed E-state index contributed by atoms with van der Waals surface area (Å²) >= 11 is 0. The molecule has 0 aliphatic rings. The normalized spacial score (nSPS) is 12.4. The van der Waals surface area contributed by atoms with E-state index in [-0.39, 0.29) is 23.9 Å². The van der Waals surface area contributed by atoms with Gasteiger partial charge in [-0.3, -0.25) is 4.79 Å². The minimum Gasteiger partial charge on any atom is -0.367 e. The maximum Gasteiger partial charge on any atom is 0.253 e. The van der Waals surface area contributed by atoms with Gasteiger partial charge in [-0.25, -0.2) is 0 Å². The van der Waals surface area contributed by atoms with E-state index < -0.39 is 6.10 Å². The molecule has 1 rings (SSSR count). The molecule has 20 heavy (non-hydrogen) atoms. The van der Waals surface area contributed by atoms with Crippen LogP contribution in [-0.4, -0.2) is 25.1 Å². The standard InChI is InChI=1S/C15H24N2O2.ClH/c1-4-15(16,5-2)11-17-14(18)13(19-3)12-9-7-6-8-10-12;/h6-10,13H,4-5,11,16H2,1-3H3,(H,17,18);1H. The molecule has 3 N–H and O–H groups in total. The van der Waals surface area contributed by atoms with Crippen LogP contribution in [-0.2, 0) is 9.53 Å². The molecule has 0 saturated heterocycles. The van der Waals surface area contributed by atoms with Gasteiger partial charge in [-0.1, -0.05) is 44.2 Å². The molecule has 0 aromatic heterocycles. The number of nitrogens with two attached hydrogens (primary N) is 1. The van der Waals surface area contributed by atoms with Gasteiger partial charge in [-0.15, -0.1) is 12.4 Å². The first-order chi connectivity index (χ1) is 9.06. The van der Waals surface area contributed by atoms with E-state index in [4.69, 9.17) is 10.5 Å². The second kappa shape index (κ2) is 8.95. The zero-order valence-electron chi connectivity index (χ0n) is 12.4. The predicted octanol–water partition coefficient (Wildman–Crippen LogP) is 2.43. The van der Waals surface area contributed by atoms with E-state index in [0.717, 1.165) is 18.4 Å². The fourth-order valence-corrected chi connectivity index (χ4v) is 1.88. The highest BCUT2D eigenvalue weighted by molar-refractivity contribution is 5.85. The number of benzene rings is 1. The van der Waals surface area contributed by atoms with Crippen LogP contribution in [0.4, 0.5) is 0 Å². The highest BCUT2D eigenvalue weighted by Crippen LogP contribution is 2.17. The van der Waals surface area contributed by atoms with Gasteiger partial charge < -0.3 is 15.8 Å². The van der Waals surface area contributed by atoms with E-state index >= 15 is 0 Å². The molecule has 5 heteroatoms. The Morgan fingerprint density at radius 3 is 2.30 bits per heavy atom. The molecule has 0 saturated carbocycles. The lowest BCUT2D eigenvalue weighted by Crippen LogP contribution is -2.50. The lowest BCUT2D eigenvalue weighted by Gasteiger charge is -2.27. The Balaban J connectivity index is 0.00000361. The zero-order valence-corrected chi connectivity index (χ0v) is 13.2. The van der Waals surface area contributed by atoms with Crippen molar-refractivity contribution in [3.63, 3.8) is 0 Å². The Morgan fingerprint density at radius 2 is 1.85 bits per heavy atom. The number of hydrogen-bond acceptors (Lipinski definition) is 3. The van der Waals surface area contributed by atoms with Crippen LogP contribution >= 0.6 is 12.4 Å². The van der Waals surface area contributed by atoms with Gasteiger partial charge in [0.25, 0.3) is 5.91 Å². The highest BCUT2D eigenvalue weighted by Gasteiger charge is 2.24. The molecule has 1 atom stereocenters. The van der Waals surface area contributed by atoms with Crippen LogP contribution < -0.4 is 11.1 Å². The van der Waals surface area contributed by atoms with Crippen molar-refractivity contribution in [2.75, 3.05) is 13.7 Å². The third kappa shape index (κ3) is 5.12.